The van der Waals surface area contributed by atoms with E-state index in [9.17, 15) is 14.9 Å². The monoisotopic (exact) mass is 391 g/mol. The number of carbonyl (C=O) groups is 1. The third-order valence-electron chi connectivity index (χ3n) is 4.22. The third kappa shape index (κ3) is 4.47. The maximum absolute atomic E-state index is 12.4. The quantitative estimate of drug-likeness (QED) is 0.441. The summed E-state index contributed by atoms with van der Waals surface area (Å²) in [5, 5.41) is 11.7. The van der Waals surface area contributed by atoms with Crippen LogP contribution in [0.15, 0.2) is 53.4 Å². The van der Waals surface area contributed by atoms with Crippen molar-refractivity contribution in [3.63, 3.8) is 0 Å². The highest BCUT2D eigenvalue weighted by Gasteiger charge is 2.22. The molecule has 0 unspecified atom stereocenters. The van der Waals surface area contributed by atoms with Crippen LogP contribution in [0, 0.1) is 10.1 Å². The van der Waals surface area contributed by atoms with Crippen LogP contribution in [0.4, 0.5) is 11.4 Å². The molecule has 2 aromatic rings. The number of piperazine rings is 1. The van der Waals surface area contributed by atoms with E-state index in [1.165, 1.54) is 17.8 Å². The lowest BCUT2D eigenvalue weighted by Gasteiger charge is -2.36. The number of benzene rings is 2. The van der Waals surface area contributed by atoms with E-state index in [2.05, 4.69) is 4.90 Å². The zero-order chi connectivity index (χ0) is 18.5. The van der Waals surface area contributed by atoms with Crippen molar-refractivity contribution in [2.45, 2.75) is 4.90 Å². The summed E-state index contributed by atoms with van der Waals surface area (Å²) >= 11 is 7.25. The van der Waals surface area contributed by atoms with E-state index >= 15 is 0 Å². The lowest BCUT2D eigenvalue weighted by molar-refractivity contribution is -0.387. The minimum atomic E-state index is -0.420. The van der Waals surface area contributed by atoms with Crippen molar-refractivity contribution in [3.8, 4) is 0 Å². The molecule has 0 radical (unpaired) electrons. The van der Waals surface area contributed by atoms with Gasteiger partial charge in [-0.2, -0.15) is 0 Å². The Balaban J connectivity index is 1.54. The molecule has 0 N–H and O–H groups in total. The smallest absolute Gasteiger partial charge is 0.282 e. The molecule has 26 heavy (non-hydrogen) atoms. The number of halogens is 1. The highest BCUT2D eigenvalue weighted by molar-refractivity contribution is 8.00. The largest absolute Gasteiger partial charge is 0.368 e. The number of anilines is 1. The van der Waals surface area contributed by atoms with Crippen LogP contribution in [0.1, 0.15) is 0 Å². The van der Waals surface area contributed by atoms with E-state index in [0.29, 0.717) is 23.0 Å². The molecule has 0 aromatic heterocycles. The first-order chi connectivity index (χ1) is 12.5. The van der Waals surface area contributed by atoms with E-state index in [0.717, 1.165) is 18.8 Å². The number of para-hydroxylation sites is 1. The van der Waals surface area contributed by atoms with Gasteiger partial charge in [-0.15, -0.1) is 11.8 Å². The molecule has 0 bridgehead atoms. The second kappa shape index (κ2) is 8.42. The maximum atomic E-state index is 12.4. The predicted octanol–water partition coefficient (Wildman–Crippen LogP) is 3.69. The van der Waals surface area contributed by atoms with Gasteiger partial charge in [0.05, 0.1) is 15.6 Å². The lowest BCUT2D eigenvalue weighted by Crippen LogP contribution is -2.49. The number of carbonyl (C=O) groups excluding carboxylic acids is 1. The molecular formula is C18H18ClN3O3S. The van der Waals surface area contributed by atoms with Crippen molar-refractivity contribution in [1.82, 2.24) is 4.90 Å². The predicted molar refractivity (Wildman–Crippen MR) is 104 cm³/mol. The van der Waals surface area contributed by atoms with Gasteiger partial charge in [0.1, 0.15) is 0 Å². The second-order valence-electron chi connectivity index (χ2n) is 5.86. The van der Waals surface area contributed by atoms with Crippen LogP contribution in [0.25, 0.3) is 0 Å². The molecule has 1 heterocycles. The molecule has 1 aliphatic rings. The zero-order valence-electron chi connectivity index (χ0n) is 14.0. The molecule has 0 saturated carbocycles. The van der Waals surface area contributed by atoms with E-state index in [1.54, 1.807) is 18.2 Å². The fourth-order valence-electron chi connectivity index (χ4n) is 2.85. The Bertz CT molecular complexity index is 810. The Hall–Kier alpha value is -2.25. The number of amides is 1. The normalized spacial score (nSPS) is 14.3. The van der Waals surface area contributed by atoms with Crippen LogP contribution < -0.4 is 4.90 Å². The van der Waals surface area contributed by atoms with Gasteiger partial charge in [-0.25, -0.2) is 0 Å². The van der Waals surface area contributed by atoms with Crippen molar-refractivity contribution in [3.05, 3.63) is 63.7 Å². The molecule has 2 aromatic carbocycles. The number of nitro groups is 1. The molecule has 1 saturated heterocycles. The molecule has 1 aliphatic heterocycles. The van der Waals surface area contributed by atoms with Crippen LogP contribution >= 0.6 is 23.4 Å². The highest BCUT2D eigenvalue weighted by Crippen LogP contribution is 2.29. The van der Waals surface area contributed by atoms with E-state index < -0.39 is 4.92 Å². The van der Waals surface area contributed by atoms with Crippen molar-refractivity contribution in [2.24, 2.45) is 0 Å². The Morgan fingerprint density at radius 3 is 2.54 bits per heavy atom. The average Bonchev–Trinajstić information content (AvgIpc) is 2.66. The molecule has 1 amide bonds. The number of nitrogens with zero attached hydrogens (tertiary/aromatic N) is 3. The Morgan fingerprint density at radius 2 is 1.85 bits per heavy atom. The zero-order valence-corrected chi connectivity index (χ0v) is 15.6. The number of hydrogen-bond donors (Lipinski definition) is 0. The molecule has 136 valence electrons. The summed E-state index contributed by atoms with van der Waals surface area (Å²) in [7, 11) is 0. The van der Waals surface area contributed by atoms with E-state index in [-0.39, 0.29) is 17.3 Å². The van der Waals surface area contributed by atoms with Gasteiger partial charge in [-0.05, 0) is 24.3 Å². The summed E-state index contributed by atoms with van der Waals surface area (Å²) in [6.45, 7) is 2.73. The van der Waals surface area contributed by atoms with Crippen LogP contribution in [0.5, 0.6) is 0 Å². The fourth-order valence-corrected chi connectivity index (χ4v) is 3.96. The molecule has 0 spiro atoms. The van der Waals surface area contributed by atoms with Crippen LogP contribution in [-0.4, -0.2) is 47.7 Å². The molecule has 1 fully saturated rings. The molecule has 8 heteroatoms. The van der Waals surface area contributed by atoms with Gasteiger partial charge in [-0.3, -0.25) is 14.9 Å². The standard InChI is InChI=1S/C18H18ClN3O3S/c19-14-4-3-5-15(12-14)20-8-10-21(11-9-20)18(23)13-26-17-7-2-1-6-16(17)22(24)25/h1-7,12H,8-11,13H2. The first-order valence-corrected chi connectivity index (χ1v) is 9.55. The van der Waals surface area contributed by atoms with Gasteiger partial charge in [-0.1, -0.05) is 29.8 Å². The van der Waals surface area contributed by atoms with Crippen molar-refractivity contribution in [2.75, 3.05) is 36.8 Å². The number of rotatable bonds is 5. The number of hydrogen-bond acceptors (Lipinski definition) is 5. The van der Waals surface area contributed by atoms with Gasteiger partial charge in [0.25, 0.3) is 5.69 Å². The van der Waals surface area contributed by atoms with Crippen molar-refractivity contribution >= 4 is 40.6 Å². The number of thioether (sulfide) groups is 1. The second-order valence-corrected chi connectivity index (χ2v) is 7.31. The van der Waals surface area contributed by atoms with E-state index in [4.69, 9.17) is 11.6 Å². The summed E-state index contributed by atoms with van der Waals surface area (Å²) in [6, 6.07) is 14.2. The SMILES string of the molecule is O=C(CSc1ccccc1[N+](=O)[O-])N1CCN(c2cccc(Cl)c2)CC1. The van der Waals surface area contributed by atoms with Crippen LogP contribution in [0.3, 0.4) is 0 Å². The topological polar surface area (TPSA) is 66.7 Å². The van der Waals surface area contributed by atoms with Crippen LogP contribution in [0.2, 0.25) is 5.02 Å². The van der Waals surface area contributed by atoms with Gasteiger partial charge in [0.2, 0.25) is 5.91 Å². The van der Waals surface area contributed by atoms with Gasteiger partial charge < -0.3 is 9.80 Å². The summed E-state index contributed by atoms with van der Waals surface area (Å²) in [5.74, 6) is 0.195. The first kappa shape index (κ1) is 18.5. The van der Waals surface area contributed by atoms with Crippen LogP contribution in [-0.2, 0) is 4.79 Å². The molecule has 0 atom stereocenters. The highest BCUT2D eigenvalue weighted by atomic mass is 35.5. The summed E-state index contributed by atoms with van der Waals surface area (Å²) in [5.41, 5.74) is 1.09. The Morgan fingerprint density at radius 1 is 1.12 bits per heavy atom. The molecule has 6 nitrogen and oxygen atoms in total. The molecule has 0 aliphatic carbocycles. The minimum Gasteiger partial charge on any atom is -0.368 e. The van der Waals surface area contributed by atoms with Gasteiger partial charge in [0.15, 0.2) is 0 Å². The fraction of sp³-hybridized carbons (Fsp3) is 0.278. The van der Waals surface area contributed by atoms with Gasteiger partial charge in [0, 0.05) is 43.0 Å². The molecular weight excluding hydrogens is 374 g/mol. The Labute approximate surface area is 160 Å². The maximum Gasteiger partial charge on any atom is 0.282 e. The average molecular weight is 392 g/mol. The third-order valence-corrected chi connectivity index (χ3v) is 5.50. The summed E-state index contributed by atoms with van der Waals surface area (Å²) in [6.07, 6.45) is 0. The summed E-state index contributed by atoms with van der Waals surface area (Å²) < 4.78 is 0. The van der Waals surface area contributed by atoms with Gasteiger partial charge >= 0.3 is 0 Å². The lowest BCUT2D eigenvalue weighted by atomic mass is 10.2. The minimum absolute atomic E-state index is 0.00102. The molecule has 3 rings (SSSR count). The van der Waals surface area contributed by atoms with E-state index in [1.807, 2.05) is 29.2 Å². The summed E-state index contributed by atoms with van der Waals surface area (Å²) in [4.78, 5) is 27.6. The first-order valence-electron chi connectivity index (χ1n) is 8.19. The Kier molecular flexibility index (Phi) is 6.00. The number of nitro benzene ring substituents is 1. The van der Waals surface area contributed by atoms with Crippen molar-refractivity contribution in [1.29, 1.82) is 0 Å². The van der Waals surface area contributed by atoms with Crippen molar-refractivity contribution < 1.29 is 9.72 Å².